The van der Waals surface area contributed by atoms with Gasteiger partial charge >= 0.3 is 0 Å². The van der Waals surface area contributed by atoms with E-state index in [-0.39, 0.29) is 17.2 Å². The Morgan fingerprint density at radius 2 is 1.96 bits per heavy atom. The predicted molar refractivity (Wildman–Crippen MR) is 99.5 cm³/mol. The number of nitro groups is 1. The van der Waals surface area contributed by atoms with Gasteiger partial charge in [0.2, 0.25) is 0 Å². The van der Waals surface area contributed by atoms with Gasteiger partial charge in [0, 0.05) is 6.07 Å². The van der Waals surface area contributed by atoms with Crippen molar-refractivity contribution < 1.29 is 24.0 Å². The monoisotopic (exact) mass is 386 g/mol. The van der Waals surface area contributed by atoms with Crippen LogP contribution in [0.15, 0.2) is 47.4 Å². The molecule has 1 N–H and O–H groups in total. The number of thioether (sulfide) groups is 1. The Hall–Kier alpha value is -3.33. The van der Waals surface area contributed by atoms with Crippen LogP contribution in [-0.4, -0.2) is 23.2 Å². The standard InChI is InChI=1S/C18H14N2O6S/c1-25-15-8-11(9-16-17(21)19-18(22)27-16)6-7-14(15)26-10-12-4-2-3-5-13(12)20(23)24/h2-9H,10H2,1H3,(H,19,21,22)/b16-9+. The van der Waals surface area contributed by atoms with Crippen LogP contribution < -0.4 is 14.8 Å². The van der Waals surface area contributed by atoms with Crippen LogP contribution in [0.2, 0.25) is 0 Å². The van der Waals surface area contributed by atoms with Crippen molar-refractivity contribution in [2.24, 2.45) is 0 Å². The Morgan fingerprint density at radius 3 is 2.63 bits per heavy atom. The molecule has 1 aliphatic heterocycles. The molecular formula is C18H14N2O6S. The van der Waals surface area contributed by atoms with E-state index >= 15 is 0 Å². The molecule has 1 fully saturated rings. The van der Waals surface area contributed by atoms with E-state index in [1.54, 1.807) is 42.5 Å². The molecule has 0 saturated carbocycles. The highest BCUT2D eigenvalue weighted by Gasteiger charge is 2.25. The second kappa shape index (κ2) is 7.92. The summed E-state index contributed by atoms with van der Waals surface area (Å²) in [6.07, 6.45) is 1.57. The maximum atomic E-state index is 11.6. The first-order chi connectivity index (χ1) is 13.0. The van der Waals surface area contributed by atoms with E-state index in [4.69, 9.17) is 9.47 Å². The van der Waals surface area contributed by atoms with Crippen LogP contribution in [0.5, 0.6) is 11.5 Å². The fourth-order valence-electron chi connectivity index (χ4n) is 2.43. The maximum Gasteiger partial charge on any atom is 0.290 e. The second-order valence-electron chi connectivity index (χ2n) is 5.44. The summed E-state index contributed by atoms with van der Waals surface area (Å²) in [4.78, 5) is 33.8. The van der Waals surface area contributed by atoms with Gasteiger partial charge in [-0.25, -0.2) is 0 Å². The molecule has 0 aromatic heterocycles. The minimum Gasteiger partial charge on any atom is -0.493 e. The average molecular weight is 386 g/mol. The fourth-order valence-corrected chi connectivity index (χ4v) is 3.11. The lowest BCUT2D eigenvalue weighted by Gasteiger charge is -2.11. The normalized spacial score (nSPS) is 14.9. The number of nitro benzene ring substituents is 1. The van der Waals surface area contributed by atoms with Gasteiger partial charge in [-0.2, -0.15) is 0 Å². The summed E-state index contributed by atoms with van der Waals surface area (Å²) >= 11 is 0.824. The molecule has 0 unspecified atom stereocenters. The number of carbonyl (C=O) groups is 2. The summed E-state index contributed by atoms with van der Waals surface area (Å²) < 4.78 is 11.0. The quantitative estimate of drug-likeness (QED) is 0.460. The van der Waals surface area contributed by atoms with E-state index in [0.29, 0.717) is 22.6 Å². The van der Waals surface area contributed by atoms with Gasteiger partial charge in [0.1, 0.15) is 6.61 Å². The third-order valence-corrected chi connectivity index (χ3v) is 4.51. The molecule has 8 nitrogen and oxygen atoms in total. The van der Waals surface area contributed by atoms with Crippen molar-refractivity contribution in [1.82, 2.24) is 5.32 Å². The highest BCUT2D eigenvalue weighted by Crippen LogP contribution is 2.32. The van der Waals surface area contributed by atoms with Crippen LogP contribution in [0, 0.1) is 10.1 Å². The van der Waals surface area contributed by atoms with Gasteiger partial charge in [-0.15, -0.1) is 0 Å². The van der Waals surface area contributed by atoms with E-state index in [1.165, 1.54) is 13.2 Å². The molecule has 0 aliphatic carbocycles. The Balaban J connectivity index is 1.79. The van der Waals surface area contributed by atoms with Gasteiger partial charge in [0.25, 0.3) is 16.8 Å². The Bertz CT molecular complexity index is 957. The van der Waals surface area contributed by atoms with Crippen LogP contribution in [0.1, 0.15) is 11.1 Å². The minimum atomic E-state index is -0.461. The molecule has 1 saturated heterocycles. The molecule has 0 radical (unpaired) electrons. The number of hydrogen-bond donors (Lipinski definition) is 1. The number of imide groups is 1. The Morgan fingerprint density at radius 1 is 1.19 bits per heavy atom. The smallest absolute Gasteiger partial charge is 0.290 e. The van der Waals surface area contributed by atoms with Gasteiger partial charge < -0.3 is 9.47 Å². The zero-order valence-corrected chi connectivity index (χ0v) is 14.9. The zero-order chi connectivity index (χ0) is 19.4. The fraction of sp³-hybridized carbons (Fsp3) is 0.111. The molecule has 1 heterocycles. The highest BCUT2D eigenvalue weighted by molar-refractivity contribution is 8.18. The summed E-state index contributed by atoms with van der Waals surface area (Å²) in [5.41, 5.74) is 1.07. The van der Waals surface area contributed by atoms with E-state index in [1.807, 2.05) is 0 Å². The number of nitrogens with zero attached hydrogens (tertiary/aromatic N) is 1. The molecule has 9 heteroatoms. The molecule has 2 aromatic carbocycles. The zero-order valence-electron chi connectivity index (χ0n) is 14.1. The summed E-state index contributed by atoms with van der Waals surface area (Å²) in [5, 5.41) is 12.8. The summed E-state index contributed by atoms with van der Waals surface area (Å²) in [7, 11) is 1.46. The third kappa shape index (κ3) is 4.26. The third-order valence-electron chi connectivity index (χ3n) is 3.70. The molecule has 0 spiro atoms. The van der Waals surface area contributed by atoms with Gasteiger partial charge in [-0.3, -0.25) is 25.0 Å². The number of methoxy groups -OCH3 is 1. The molecule has 2 aromatic rings. The van der Waals surface area contributed by atoms with E-state index in [0.717, 1.165) is 11.8 Å². The van der Waals surface area contributed by atoms with Crippen LogP contribution in [-0.2, 0) is 11.4 Å². The molecule has 27 heavy (non-hydrogen) atoms. The van der Waals surface area contributed by atoms with E-state index < -0.39 is 16.1 Å². The SMILES string of the molecule is COc1cc(/C=C2/SC(=O)NC2=O)ccc1OCc1ccccc1[N+](=O)[O-]. The number of hydrogen-bond acceptors (Lipinski definition) is 7. The molecule has 0 bridgehead atoms. The van der Waals surface area contributed by atoms with Gasteiger partial charge in [0.15, 0.2) is 11.5 Å². The number of para-hydroxylation sites is 1. The maximum absolute atomic E-state index is 11.6. The van der Waals surface area contributed by atoms with Gasteiger partial charge in [0.05, 0.1) is 22.5 Å². The average Bonchev–Trinajstić information content (AvgIpc) is 2.97. The van der Waals surface area contributed by atoms with Crippen molar-refractivity contribution in [3.05, 3.63) is 68.6 Å². The van der Waals surface area contributed by atoms with E-state index in [2.05, 4.69) is 5.32 Å². The number of ether oxygens (including phenoxy) is 2. The van der Waals surface area contributed by atoms with Crippen LogP contribution in [0.25, 0.3) is 6.08 Å². The summed E-state index contributed by atoms with van der Waals surface area (Å²) in [5.74, 6) is 0.357. The van der Waals surface area contributed by atoms with Crippen LogP contribution in [0.3, 0.4) is 0 Å². The van der Waals surface area contributed by atoms with Crippen molar-refractivity contribution in [3.8, 4) is 11.5 Å². The van der Waals surface area contributed by atoms with Gasteiger partial charge in [-0.05, 0) is 41.6 Å². The van der Waals surface area contributed by atoms with Crippen molar-refractivity contribution >= 4 is 34.7 Å². The number of rotatable bonds is 6. The van der Waals surface area contributed by atoms with Crippen molar-refractivity contribution in [3.63, 3.8) is 0 Å². The predicted octanol–water partition coefficient (Wildman–Crippen LogP) is 3.51. The Labute approximate surface area is 158 Å². The number of benzene rings is 2. The molecule has 1 aliphatic rings. The first-order valence-electron chi connectivity index (χ1n) is 7.76. The lowest BCUT2D eigenvalue weighted by molar-refractivity contribution is -0.385. The van der Waals surface area contributed by atoms with E-state index in [9.17, 15) is 19.7 Å². The number of amides is 2. The Kier molecular flexibility index (Phi) is 5.41. The molecule has 3 rings (SSSR count). The topological polar surface area (TPSA) is 108 Å². The van der Waals surface area contributed by atoms with Crippen LogP contribution >= 0.6 is 11.8 Å². The van der Waals surface area contributed by atoms with Gasteiger partial charge in [-0.1, -0.05) is 18.2 Å². The number of carbonyl (C=O) groups excluding carboxylic acids is 2. The molecule has 2 amide bonds. The minimum absolute atomic E-state index is 0.000703. The molecule has 0 atom stereocenters. The first kappa shape index (κ1) is 18.5. The van der Waals surface area contributed by atoms with Crippen molar-refractivity contribution in [1.29, 1.82) is 0 Å². The first-order valence-corrected chi connectivity index (χ1v) is 8.57. The van der Waals surface area contributed by atoms with Crippen molar-refractivity contribution in [2.75, 3.05) is 7.11 Å². The highest BCUT2D eigenvalue weighted by atomic mass is 32.2. The lowest BCUT2D eigenvalue weighted by Crippen LogP contribution is -2.17. The summed E-state index contributed by atoms with van der Waals surface area (Å²) in [6, 6.07) is 11.3. The molecular weight excluding hydrogens is 372 g/mol. The number of nitrogens with one attached hydrogen (secondary N) is 1. The van der Waals surface area contributed by atoms with Crippen molar-refractivity contribution in [2.45, 2.75) is 6.61 Å². The lowest BCUT2D eigenvalue weighted by atomic mass is 10.1. The molecule has 138 valence electrons. The largest absolute Gasteiger partial charge is 0.493 e. The van der Waals surface area contributed by atoms with Crippen LogP contribution in [0.4, 0.5) is 10.5 Å². The summed E-state index contributed by atoms with van der Waals surface area (Å²) in [6.45, 7) is 0.000703. The second-order valence-corrected chi connectivity index (χ2v) is 6.45.